The average molecular weight is 375 g/mol. The number of morpholine rings is 1. The Bertz CT molecular complexity index is 829. The molecule has 0 saturated carbocycles. The van der Waals surface area contributed by atoms with Gasteiger partial charge in [-0.05, 0) is 50.6 Å². The molecule has 1 fully saturated rings. The third kappa shape index (κ3) is 4.26. The van der Waals surface area contributed by atoms with Crippen LogP contribution in [0.15, 0.2) is 53.4 Å². The molecule has 1 atom stereocenters. The lowest BCUT2D eigenvalue weighted by molar-refractivity contribution is -0.00256. The summed E-state index contributed by atoms with van der Waals surface area (Å²) in [7, 11) is -3.56. The van der Waals surface area contributed by atoms with Crippen molar-refractivity contribution < 1.29 is 17.9 Å². The van der Waals surface area contributed by atoms with Crippen LogP contribution in [0, 0.1) is 6.92 Å². The molecular weight excluding hydrogens is 350 g/mol. The van der Waals surface area contributed by atoms with Gasteiger partial charge in [-0.15, -0.1) is 0 Å². The Morgan fingerprint density at radius 1 is 1.08 bits per heavy atom. The van der Waals surface area contributed by atoms with Crippen LogP contribution in [0.4, 0.5) is 0 Å². The van der Waals surface area contributed by atoms with Crippen molar-refractivity contribution in [3.63, 3.8) is 0 Å². The van der Waals surface area contributed by atoms with E-state index in [0.717, 1.165) is 11.1 Å². The molecule has 0 amide bonds. The van der Waals surface area contributed by atoms with Crippen molar-refractivity contribution in [3.05, 3.63) is 59.7 Å². The number of ether oxygens (including phenoxy) is 2. The minimum Gasteiger partial charge on any atom is -0.491 e. The summed E-state index contributed by atoms with van der Waals surface area (Å²) < 4.78 is 38.8. The van der Waals surface area contributed by atoms with E-state index < -0.39 is 10.0 Å². The number of benzene rings is 2. The first-order chi connectivity index (χ1) is 12.4. The summed E-state index contributed by atoms with van der Waals surface area (Å²) in [6.45, 7) is 6.94. The van der Waals surface area contributed by atoms with E-state index in [-0.39, 0.29) is 17.1 Å². The maximum Gasteiger partial charge on any atom is 0.243 e. The van der Waals surface area contributed by atoms with Gasteiger partial charge in [0.15, 0.2) is 0 Å². The summed E-state index contributed by atoms with van der Waals surface area (Å²) in [5, 5.41) is 0. The van der Waals surface area contributed by atoms with Crippen LogP contribution in [0.2, 0.25) is 0 Å². The Balaban J connectivity index is 1.77. The van der Waals surface area contributed by atoms with Gasteiger partial charge >= 0.3 is 0 Å². The van der Waals surface area contributed by atoms with Gasteiger partial charge < -0.3 is 9.47 Å². The summed E-state index contributed by atoms with van der Waals surface area (Å²) >= 11 is 0. The van der Waals surface area contributed by atoms with Crippen LogP contribution in [0.5, 0.6) is 5.75 Å². The standard InChI is InChI=1S/C20H25NO4S/c1-15(2)25-18-8-10-19(11-9-18)26(22,23)21-12-13-24-20(14-21)17-6-4-16(3)5-7-17/h4-11,15,20H,12-14H2,1-3H3. The fourth-order valence-electron chi connectivity index (χ4n) is 2.94. The second kappa shape index (κ2) is 7.78. The van der Waals surface area contributed by atoms with Crippen LogP contribution in [0.1, 0.15) is 31.1 Å². The highest BCUT2D eigenvalue weighted by molar-refractivity contribution is 7.89. The van der Waals surface area contributed by atoms with Gasteiger partial charge in [-0.1, -0.05) is 29.8 Å². The third-order valence-electron chi connectivity index (χ3n) is 4.31. The summed E-state index contributed by atoms with van der Waals surface area (Å²) in [6.07, 6.45) is -0.199. The molecule has 1 heterocycles. The van der Waals surface area contributed by atoms with Crippen molar-refractivity contribution in [2.45, 2.75) is 37.9 Å². The molecule has 0 aromatic heterocycles. The monoisotopic (exact) mass is 375 g/mol. The molecule has 1 unspecified atom stereocenters. The first kappa shape index (κ1) is 18.9. The molecule has 0 bridgehead atoms. The zero-order valence-electron chi connectivity index (χ0n) is 15.4. The predicted molar refractivity (Wildman–Crippen MR) is 101 cm³/mol. The van der Waals surface area contributed by atoms with Crippen LogP contribution >= 0.6 is 0 Å². The van der Waals surface area contributed by atoms with Crippen LogP contribution in [0.25, 0.3) is 0 Å². The first-order valence-electron chi connectivity index (χ1n) is 8.81. The van der Waals surface area contributed by atoms with Crippen molar-refractivity contribution in [3.8, 4) is 5.75 Å². The minimum absolute atomic E-state index is 0.0481. The Hall–Kier alpha value is -1.89. The van der Waals surface area contributed by atoms with Gasteiger partial charge in [0.2, 0.25) is 10.0 Å². The highest BCUT2D eigenvalue weighted by atomic mass is 32.2. The van der Waals surface area contributed by atoms with Gasteiger partial charge in [0.1, 0.15) is 5.75 Å². The van der Waals surface area contributed by atoms with Gasteiger partial charge in [-0.25, -0.2) is 8.42 Å². The molecule has 5 nitrogen and oxygen atoms in total. The molecule has 0 N–H and O–H groups in total. The molecule has 140 valence electrons. The molecule has 1 aliphatic heterocycles. The molecule has 0 spiro atoms. The van der Waals surface area contributed by atoms with Crippen molar-refractivity contribution in [1.82, 2.24) is 4.31 Å². The molecule has 2 aromatic carbocycles. The van der Waals surface area contributed by atoms with E-state index in [9.17, 15) is 8.42 Å². The number of hydrogen-bond acceptors (Lipinski definition) is 4. The number of aryl methyl sites for hydroxylation is 1. The maximum absolute atomic E-state index is 13.0. The lowest BCUT2D eigenvalue weighted by Crippen LogP contribution is -2.42. The van der Waals surface area contributed by atoms with Gasteiger partial charge in [0.05, 0.1) is 23.7 Å². The van der Waals surface area contributed by atoms with Gasteiger partial charge in [0, 0.05) is 13.1 Å². The zero-order chi connectivity index (χ0) is 18.7. The second-order valence-electron chi connectivity index (χ2n) is 6.77. The van der Waals surface area contributed by atoms with Crippen molar-refractivity contribution in [1.29, 1.82) is 0 Å². The third-order valence-corrected chi connectivity index (χ3v) is 6.19. The summed E-state index contributed by atoms with van der Waals surface area (Å²) in [6, 6.07) is 14.6. The van der Waals surface area contributed by atoms with Crippen LogP contribution in [-0.4, -0.2) is 38.5 Å². The van der Waals surface area contributed by atoms with Crippen LogP contribution in [-0.2, 0) is 14.8 Å². The Morgan fingerprint density at radius 2 is 1.73 bits per heavy atom. The van der Waals surface area contributed by atoms with Gasteiger partial charge in [-0.3, -0.25) is 0 Å². The quantitative estimate of drug-likeness (QED) is 0.802. The van der Waals surface area contributed by atoms with Crippen LogP contribution < -0.4 is 4.74 Å². The highest BCUT2D eigenvalue weighted by Crippen LogP contribution is 2.27. The van der Waals surface area contributed by atoms with Gasteiger partial charge in [0.25, 0.3) is 0 Å². The molecule has 2 aromatic rings. The summed E-state index contributed by atoms with van der Waals surface area (Å²) in [5.41, 5.74) is 2.16. The lowest BCUT2D eigenvalue weighted by Gasteiger charge is -2.32. The van der Waals surface area contributed by atoms with E-state index in [1.807, 2.05) is 45.0 Å². The van der Waals surface area contributed by atoms with Gasteiger partial charge in [-0.2, -0.15) is 4.31 Å². The molecule has 1 saturated heterocycles. The molecular formula is C20H25NO4S. The van der Waals surface area contributed by atoms with E-state index in [4.69, 9.17) is 9.47 Å². The predicted octanol–water partition coefficient (Wildman–Crippen LogP) is 3.54. The lowest BCUT2D eigenvalue weighted by atomic mass is 10.1. The number of sulfonamides is 1. The number of nitrogens with zero attached hydrogens (tertiary/aromatic N) is 1. The smallest absolute Gasteiger partial charge is 0.243 e. The summed E-state index contributed by atoms with van der Waals surface area (Å²) in [5.74, 6) is 0.665. The Morgan fingerprint density at radius 3 is 2.35 bits per heavy atom. The molecule has 3 rings (SSSR count). The number of hydrogen-bond donors (Lipinski definition) is 0. The van der Waals surface area contributed by atoms with E-state index in [1.165, 1.54) is 4.31 Å². The van der Waals surface area contributed by atoms with E-state index in [1.54, 1.807) is 24.3 Å². The fourth-order valence-corrected chi connectivity index (χ4v) is 4.36. The molecule has 26 heavy (non-hydrogen) atoms. The molecule has 0 radical (unpaired) electrons. The SMILES string of the molecule is Cc1ccc(C2CN(S(=O)(=O)c3ccc(OC(C)C)cc3)CCO2)cc1. The van der Waals surface area contributed by atoms with Crippen molar-refractivity contribution >= 4 is 10.0 Å². The maximum atomic E-state index is 13.0. The Kier molecular flexibility index (Phi) is 5.65. The van der Waals surface area contributed by atoms with E-state index >= 15 is 0 Å². The first-order valence-corrected chi connectivity index (χ1v) is 10.3. The molecule has 1 aliphatic rings. The number of rotatable bonds is 5. The highest BCUT2D eigenvalue weighted by Gasteiger charge is 2.31. The fraction of sp³-hybridized carbons (Fsp3) is 0.400. The van der Waals surface area contributed by atoms with Crippen molar-refractivity contribution in [2.75, 3.05) is 19.7 Å². The normalized spacial score (nSPS) is 18.8. The molecule has 6 heteroatoms. The summed E-state index contributed by atoms with van der Waals surface area (Å²) in [4.78, 5) is 0.276. The minimum atomic E-state index is -3.56. The van der Waals surface area contributed by atoms with E-state index in [2.05, 4.69) is 0 Å². The Labute approximate surface area is 155 Å². The topological polar surface area (TPSA) is 55.8 Å². The molecule has 0 aliphatic carbocycles. The zero-order valence-corrected chi connectivity index (χ0v) is 16.2. The average Bonchev–Trinajstić information content (AvgIpc) is 2.62. The van der Waals surface area contributed by atoms with Crippen LogP contribution in [0.3, 0.4) is 0 Å². The second-order valence-corrected chi connectivity index (χ2v) is 8.71. The largest absolute Gasteiger partial charge is 0.491 e. The van der Waals surface area contributed by atoms with Crippen molar-refractivity contribution in [2.24, 2.45) is 0 Å². The van der Waals surface area contributed by atoms with E-state index in [0.29, 0.717) is 25.4 Å².